The number of halogens is 1. The monoisotopic (exact) mass is 405 g/mol. The molecule has 1 saturated heterocycles. The Bertz CT molecular complexity index is 734. The van der Waals surface area contributed by atoms with Crippen LogP contribution in [0.3, 0.4) is 0 Å². The molecule has 0 radical (unpaired) electrons. The number of aromatic nitrogens is 1. The van der Waals surface area contributed by atoms with Gasteiger partial charge in [-0.3, -0.25) is 9.80 Å². The molecule has 3 rings (SSSR count). The third kappa shape index (κ3) is 6.90. The first-order chi connectivity index (χ1) is 14.2. The van der Waals surface area contributed by atoms with Gasteiger partial charge in [0, 0.05) is 63.8 Å². The van der Waals surface area contributed by atoms with E-state index < -0.39 is 6.10 Å². The van der Waals surface area contributed by atoms with Gasteiger partial charge in [-0.2, -0.15) is 0 Å². The van der Waals surface area contributed by atoms with E-state index in [0.717, 1.165) is 45.1 Å². The van der Waals surface area contributed by atoms with Crippen molar-refractivity contribution < 1.29 is 19.0 Å². The van der Waals surface area contributed by atoms with Gasteiger partial charge in [0.15, 0.2) is 0 Å². The zero-order valence-electron chi connectivity index (χ0n) is 17.2. The zero-order chi connectivity index (χ0) is 20.5. The minimum absolute atomic E-state index is 0.188. The fourth-order valence-electron chi connectivity index (χ4n) is 3.67. The number of ether oxygens (including phenoxy) is 2. The molecule has 1 aliphatic rings. The van der Waals surface area contributed by atoms with E-state index in [1.807, 2.05) is 24.4 Å². The van der Waals surface area contributed by atoms with Crippen LogP contribution in [0.15, 0.2) is 42.6 Å². The molecule has 0 saturated carbocycles. The molecule has 1 aliphatic heterocycles. The van der Waals surface area contributed by atoms with Crippen molar-refractivity contribution in [2.24, 2.45) is 0 Å². The quantitative estimate of drug-likeness (QED) is 0.618. The lowest BCUT2D eigenvalue weighted by molar-refractivity contribution is 0.0178. The Labute approximate surface area is 172 Å². The molecule has 0 amide bonds. The van der Waals surface area contributed by atoms with Gasteiger partial charge >= 0.3 is 0 Å². The third-order valence-electron chi connectivity index (χ3n) is 5.27. The van der Waals surface area contributed by atoms with Crippen LogP contribution in [-0.2, 0) is 22.6 Å². The van der Waals surface area contributed by atoms with Crippen molar-refractivity contribution in [3.8, 4) is 0 Å². The van der Waals surface area contributed by atoms with Gasteiger partial charge in [-0.25, -0.2) is 4.39 Å². The second-order valence-electron chi connectivity index (χ2n) is 7.52. The molecule has 1 atom stereocenters. The first kappa shape index (κ1) is 21.9. The Morgan fingerprint density at radius 1 is 1.21 bits per heavy atom. The number of methoxy groups -OCH3 is 1. The largest absolute Gasteiger partial charge is 0.389 e. The average Bonchev–Trinajstić information content (AvgIpc) is 3.15. The molecule has 1 aromatic heterocycles. The molecule has 6 nitrogen and oxygen atoms in total. The number of morpholine rings is 1. The van der Waals surface area contributed by atoms with E-state index in [-0.39, 0.29) is 5.82 Å². The summed E-state index contributed by atoms with van der Waals surface area (Å²) in [5.41, 5.74) is 1.77. The second kappa shape index (κ2) is 11.4. The van der Waals surface area contributed by atoms with E-state index in [0.29, 0.717) is 31.8 Å². The number of nitrogens with zero attached hydrogens (tertiary/aromatic N) is 3. The van der Waals surface area contributed by atoms with Gasteiger partial charge < -0.3 is 19.1 Å². The van der Waals surface area contributed by atoms with Crippen LogP contribution in [0.5, 0.6) is 0 Å². The van der Waals surface area contributed by atoms with Crippen LogP contribution >= 0.6 is 0 Å². The van der Waals surface area contributed by atoms with Crippen molar-refractivity contribution in [2.45, 2.75) is 19.2 Å². The van der Waals surface area contributed by atoms with Gasteiger partial charge in [-0.05, 0) is 18.2 Å². The second-order valence-corrected chi connectivity index (χ2v) is 7.52. The van der Waals surface area contributed by atoms with Crippen molar-refractivity contribution in [1.82, 2.24) is 14.4 Å². The predicted octanol–water partition coefficient (Wildman–Crippen LogP) is 1.82. The summed E-state index contributed by atoms with van der Waals surface area (Å²) in [7, 11) is 1.60. The van der Waals surface area contributed by atoms with Gasteiger partial charge in [-0.15, -0.1) is 0 Å². The molecule has 1 fully saturated rings. The molecular weight excluding hydrogens is 373 g/mol. The molecule has 0 aliphatic carbocycles. The van der Waals surface area contributed by atoms with E-state index >= 15 is 0 Å². The summed E-state index contributed by atoms with van der Waals surface area (Å²) in [6.07, 6.45) is 1.44. The zero-order valence-corrected chi connectivity index (χ0v) is 17.2. The highest BCUT2D eigenvalue weighted by Gasteiger charge is 2.17. The van der Waals surface area contributed by atoms with Crippen LogP contribution in [0.25, 0.3) is 0 Å². The number of aliphatic hydroxyl groups excluding tert-OH is 1. The SMILES string of the molecule is COC[C@H](O)CN(CCN1CCOCC1)Cc1cccn1Cc1ccccc1F. The highest BCUT2D eigenvalue weighted by atomic mass is 19.1. The Morgan fingerprint density at radius 2 is 2.00 bits per heavy atom. The Kier molecular flexibility index (Phi) is 8.64. The van der Waals surface area contributed by atoms with Gasteiger partial charge in [0.25, 0.3) is 0 Å². The van der Waals surface area contributed by atoms with Gasteiger partial charge in [-0.1, -0.05) is 18.2 Å². The van der Waals surface area contributed by atoms with Crippen LogP contribution < -0.4 is 0 Å². The smallest absolute Gasteiger partial charge is 0.128 e. The summed E-state index contributed by atoms with van der Waals surface area (Å²) < 4.78 is 26.7. The van der Waals surface area contributed by atoms with Crippen LogP contribution in [-0.4, -0.2) is 85.2 Å². The molecule has 2 aromatic rings. The van der Waals surface area contributed by atoms with E-state index in [1.54, 1.807) is 13.2 Å². The maximum Gasteiger partial charge on any atom is 0.128 e. The fourth-order valence-corrected chi connectivity index (χ4v) is 3.67. The van der Waals surface area contributed by atoms with Crippen LogP contribution in [0.4, 0.5) is 4.39 Å². The van der Waals surface area contributed by atoms with E-state index in [2.05, 4.69) is 20.4 Å². The lowest BCUT2D eigenvalue weighted by Gasteiger charge is -2.31. The van der Waals surface area contributed by atoms with Crippen LogP contribution in [0.2, 0.25) is 0 Å². The fraction of sp³-hybridized carbons (Fsp3) is 0.545. The van der Waals surface area contributed by atoms with E-state index in [4.69, 9.17) is 9.47 Å². The average molecular weight is 406 g/mol. The molecule has 0 bridgehead atoms. The number of hydrogen-bond acceptors (Lipinski definition) is 5. The topological polar surface area (TPSA) is 50.1 Å². The van der Waals surface area contributed by atoms with Crippen LogP contribution in [0.1, 0.15) is 11.3 Å². The highest BCUT2D eigenvalue weighted by molar-refractivity contribution is 5.19. The molecule has 1 aromatic carbocycles. The first-order valence-electron chi connectivity index (χ1n) is 10.2. The normalized spacial score (nSPS) is 16.4. The number of aliphatic hydroxyl groups is 1. The summed E-state index contributed by atoms with van der Waals surface area (Å²) in [6, 6.07) is 10.9. The first-order valence-corrected chi connectivity index (χ1v) is 10.2. The molecule has 0 spiro atoms. The lowest BCUT2D eigenvalue weighted by atomic mass is 10.2. The number of rotatable bonds is 11. The minimum Gasteiger partial charge on any atom is -0.389 e. The number of hydrogen-bond donors (Lipinski definition) is 1. The summed E-state index contributed by atoms with van der Waals surface area (Å²) in [5, 5.41) is 10.3. The lowest BCUT2D eigenvalue weighted by Crippen LogP contribution is -2.43. The molecular formula is C22H32FN3O3. The molecule has 2 heterocycles. The van der Waals surface area contributed by atoms with Crippen molar-refractivity contribution in [1.29, 1.82) is 0 Å². The molecule has 29 heavy (non-hydrogen) atoms. The summed E-state index contributed by atoms with van der Waals surface area (Å²) in [5.74, 6) is -0.188. The van der Waals surface area contributed by atoms with Gasteiger partial charge in [0.2, 0.25) is 0 Å². The Balaban J connectivity index is 1.64. The summed E-state index contributed by atoms with van der Waals surface area (Å²) in [6.45, 7) is 7.22. The molecule has 7 heteroatoms. The minimum atomic E-state index is -0.542. The molecule has 0 unspecified atom stereocenters. The van der Waals surface area contributed by atoms with E-state index in [9.17, 15) is 9.50 Å². The molecule has 160 valence electrons. The highest BCUT2D eigenvalue weighted by Crippen LogP contribution is 2.14. The summed E-state index contributed by atoms with van der Waals surface area (Å²) >= 11 is 0. The van der Waals surface area contributed by atoms with E-state index in [1.165, 1.54) is 6.07 Å². The maximum atomic E-state index is 14.1. The standard InChI is InChI=1S/C22H32FN3O3/c1-28-18-21(27)17-25(10-9-24-11-13-29-14-12-24)16-20-6-4-8-26(20)15-19-5-2-3-7-22(19)23/h2-8,21,27H,9-18H2,1H3/t21-/m1/s1. The Hall–Kier alpha value is -1.77. The van der Waals surface area contributed by atoms with Crippen molar-refractivity contribution >= 4 is 0 Å². The number of benzene rings is 1. The molecule has 1 N–H and O–H groups in total. The van der Waals surface area contributed by atoms with Crippen LogP contribution in [0, 0.1) is 5.82 Å². The van der Waals surface area contributed by atoms with Crippen molar-refractivity contribution in [3.05, 3.63) is 59.7 Å². The van der Waals surface area contributed by atoms with Gasteiger partial charge in [0.1, 0.15) is 5.82 Å². The third-order valence-corrected chi connectivity index (χ3v) is 5.27. The van der Waals surface area contributed by atoms with Crippen molar-refractivity contribution in [3.63, 3.8) is 0 Å². The predicted molar refractivity (Wildman–Crippen MR) is 110 cm³/mol. The van der Waals surface area contributed by atoms with Gasteiger partial charge in [0.05, 0.1) is 32.5 Å². The summed E-state index contributed by atoms with van der Waals surface area (Å²) in [4.78, 5) is 4.63. The maximum absolute atomic E-state index is 14.1. The Morgan fingerprint density at radius 3 is 2.76 bits per heavy atom. The van der Waals surface area contributed by atoms with Crippen molar-refractivity contribution in [2.75, 3.05) is 59.7 Å².